The van der Waals surface area contributed by atoms with Gasteiger partial charge >= 0.3 is 0 Å². The third-order valence-corrected chi connectivity index (χ3v) is 3.94. The second kappa shape index (κ2) is 8.70. The first-order chi connectivity index (χ1) is 11.5. The van der Waals surface area contributed by atoms with Crippen molar-refractivity contribution in [2.75, 3.05) is 13.7 Å². The van der Waals surface area contributed by atoms with Crippen molar-refractivity contribution in [1.29, 1.82) is 0 Å². The fourth-order valence-electron chi connectivity index (χ4n) is 1.74. The number of hydrogen-bond donors (Lipinski definition) is 2. The lowest BCUT2D eigenvalue weighted by Gasteiger charge is -2.06. The van der Waals surface area contributed by atoms with Crippen LogP contribution in [0.25, 0.3) is 0 Å². The lowest BCUT2D eigenvalue weighted by Crippen LogP contribution is -2.24. The number of hydrogen-bond acceptors (Lipinski definition) is 5. The maximum absolute atomic E-state index is 11.7. The fraction of sp³-hybridized carbons (Fsp3) is 0.125. The van der Waals surface area contributed by atoms with E-state index in [0.717, 1.165) is 4.47 Å². The van der Waals surface area contributed by atoms with Gasteiger partial charge in [-0.15, -0.1) is 0 Å². The molecule has 8 heteroatoms. The number of nitrogens with one attached hydrogen (secondary N) is 1. The van der Waals surface area contributed by atoms with Gasteiger partial charge in [-0.1, -0.05) is 22.0 Å². The normalized spacial score (nSPS) is 10.6. The molecule has 24 heavy (non-hydrogen) atoms. The van der Waals surface area contributed by atoms with Crippen LogP contribution in [0.1, 0.15) is 5.56 Å². The topological polar surface area (TPSA) is 80.2 Å². The van der Waals surface area contributed by atoms with E-state index in [9.17, 15) is 9.90 Å². The molecule has 2 aromatic carbocycles. The molecule has 0 bridgehead atoms. The van der Waals surface area contributed by atoms with Gasteiger partial charge < -0.3 is 14.6 Å². The highest BCUT2D eigenvalue weighted by Gasteiger charge is 2.07. The van der Waals surface area contributed by atoms with E-state index >= 15 is 0 Å². The molecule has 126 valence electrons. The summed E-state index contributed by atoms with van der Waals surface area (Å²) in [5.74, 6) is 0.489. The number of nitrogens with zero attached hydrogens (tertiary/aromatic N) is 1. The summed E-state index contributed by atoms with van der Waals surface area (Å²) in [5, 5.41) is 13.6. The highest BCUT2D eigenvalue weighted by Crippen LogP contribution is 2.34. The molecule has 0 aliphatic carbocycles. The Balaban J connectivity index is 1.89. The Labute approximate surface area is 155 Å². The van der Waals surface area contributed by atoms with Crippen LogP contribution in [0.4, 0.5) is 0 Å². The molecule has 0 aromatic heterocycles. The first-order valence-electron chi connectivity index (χ1n) is 6.76. The van der Waals surface area contributed by atoms with E-state index in [-0.39, 0.29) is 12.4 Å². The second-order valence-electron chi connectivity index (χ2n) is 4.59. The molecule has 2 N–H and O–H groups in total. The van der Waals surface area contributed by atoms with E-state index in [0.29, 0.717) is 21.5 Å². The summed E-state index contributed by atoms with van der Waals surface area (Å²) in [5.41, 5.74) is 3.01. The molecule has 1 amide bonds. The minimum Gasteiger partial charge on any atom is -0.503 e. The zero-order chi connectivity index (χ0) is 17.5. The first kappa shape index (κ1) is 18.3. The standard InChI is InChI=1S/C16H14Br2N2O4/c1-23-14-6-10(5-13(18)16(14)22)8-19-20-15(21)9-24-12-4-2-3-11(17)7-12/h2-8,22H,9H2,1H3,(H,20,21)/b19-8+. The SMILES string of the molecule is COc1cc(/C=N/NC(=O)COc2cccc(Br)c2)cc(Br)c1O. The van der Waals surface area contributed by atoms with Gasteiger partial charge in [0.1, 0.15) is 5.75 Å². The van der Waals surface area contributed by atoms with Crippen LogP contribution in [-0.2, 0) is 4.79 Å². The fourth-order valence-corrected chi connectivity index (χ4v) is 2.58. The second-order valence-corrected chi connectivity index (χ2v) is 6.36. The van der Waals surface area contributed by atoms with Crippen LogP contribution in [0.3, 0.4) is 0 Å². The minimum atomic E-state index is -0.393. The van der Waals surface area contributed by atoms with Crippen LogP contribution < -0.4 is 14.9 Å². The van der Waals surface area contributed by atoms with Gasteiger partial charge in [-0.05, 0) is 51.8 Å². The molecule has 2 aromatic rings. The lowest BCUT2D eigenvalue weighted by atomic mass is 10.2. The Morgan fingerprint density at radius 1 is 1.33 bits per heavy atom. The number of hydrazone groups is 1. The summed E-state index contributed by atoms with van der Waals surface area (Å²) in [6, 6.07) is 10.4. The average Bonchev–Trinajstić information content (AvgIpc) is 2.56. The number of aromatic hydroxyl groups is 1. The largest absolute Gasteiger partial charge is 0.503 e. The van der Waals surface area contributed by atoms with Crippen LogP contribution in [0.15, 0.2) is 50.4 Å². The van der Waals surface area contributed by atoms with Gasteiger partial charge in [0.25, 0.3) is 5.91 Å². The van der Waals surface area contributed by atoms with Crippen molar-refractivity contribution in [1.82, 2.24) is 5.43 Å². The summed E-state index contributed by atoms with van der Waals surface area (Å²) in [6.07, 6.45) is 1.43. The number of amides is 1. The van der Waals surface area contributed by atoms with Crippen molar-refractivity contribution in [3.63, 3.8) is 0 Å². The van der Waals surface area contributed by atoms with Crippen molar-refractivity contribution < 1.29 is 19.4 Å². The molecule has 0 atom stereocenters. The van der Waals surface area contributed by atoms with Crippen LogP contribution in [0.2, 0.25) is 0 Å². The average molecular weight is 458 g/mol. The Hall–Kier alpha value is -2.06. The Kier molecular flexibility index (Phi) is 6.62. The molecule has 0 spiro atoms. The van der Waals surface area contributed by atoms with E-state index in [4.69, 9.17) is 9.47 Å². The Morgan fingerprint density at radius 2 is 2.12 bits per heavy atom. The third kappa shape index (κ3) is 5.24. The van der Waals surface area contributed by atoms with Gasteiger partial charge in [-0.3, -0.25) is 4.79 Å². The highest BCUT2D eigenvalue weighted by molar-refractivity contribution is 9.10. The van der Waals surface area contributed by atoms with Gasteiger partial charge in [-0.25, -0.2) is 5.43 Å². The first-order valence-corrected chi connectivity index (χ1v) is 8.35. The molecule has 0 aliphatic heterocycles. The van der Waals surface area contributed by atoms with E-state index in [1.54, 1.807) is 24.3 Å². The Morgan fingerprint density at radius 3 is 2.83 bits per heavy atom. The summed E-state index contributed by atoms with van der Waals surface area (Å²) in [6.45, 7) is -0.156. The van der Waals surface area contributed by atoms with E-state index in [1.807, 2.05) is 12.1 Å². The molecule has 0 aliphatic rings. The highest BCUT2D eigenvalue weighted by atomic mass is 79.9. The smallest absolute Gasteiger partial charge is 0.277 e. The summed E-state index contributed by atoms with van der Waals surface area (Å²) in [4.78, 5) is 11.7. The summed E-state index contributed by atoms with van der Waals surface area (Å²) in [7, 11) is 1.45. The van der Waals surface area contributed by atoms with E-state index < -0.39 is 5.91 Å². The lowest BCUT2D eigenvalue weighted by molar-refractivity contribution is -0.123. The molecule has 6 nitrogen and oxygen atoms in total. The van der Waals surface area contributed by atoms with Gasteiger partial charge in [0, 0.05) is 4.47 Å². The maximum atomic E-state index is 11.7. The number of carbonyl (C=O) groups excluding carboxylic acids is 1. The molecular formula is C16H14Br2N2O4. The van der Waals surface area contributed by atoms with E-state index in [2.05, 4.69) is 42.4 Å². The van der Waals surface area contributed by atoms with E-state index in [1.165, 1.54) is 13.3 Å². The van der Waals surface area contributed by atoms with Crippen molar-refractivity contribution in [3.8, 4) is 17.2 Å². The number of ether oxygens (including phenoxy) is 2. The molecule has 0 saturated carbocycles. The number of rotatable bonds is 6. The van der Waals surface area contributed by atoms with Gasteiger partial charge in [0.15, 0.2) is 18.1 Å². The molecule has 0 unspecified atom stereocenters. The summed E-state index contributed by atoms with van der Waals surface area (Å²) >= 11 is 6.54. The number of carbonyl (C=O) groups is 1. The van der Waals surface area contributed by atoms with Crippen LogP contribution in [0.5, 0.6) is 17.2 Å². The number of halogens is 2. The molecular weight excluding hydrogens is 444 g/mol. The molecule has 0 radical (unpaired) electrons. The van der Waals surface area contributed by atoms with Crippen molar-refractivity contribution >= 4 is 44.0 Å². The third-order valence-electron chi connectivity index (χ3n) is 2.84. The van der Waals surface area contributed by atoms with Gasteiger partial charge in [0.2, 0.25) is 0 Å². The number of phenolic OH excluding ortho intramolecular Hbond substituents is 1. The zero-order valence-corrected chi connectivity index (χ0v) is 15.8. The zero-order valence-electron chi connectivity index (χ0n) is 12.6. The number of phenols is 1. The molecule has 0 heterocycles. The van der Waals surface area contributed by atoms with Gasteiger partial charge in [0.05, 0.1) is 17.8 Å². The van der Waals surface area contributed by atoms with Crippen molar-refractivity contribution in [2.45, 2.75) is 0 Å². The quantitative estimate of drug-likeness (QED) is 0.514. The number of methoxy groups -OCH3 is 1. The molecule has 0 fully saturated rings. The predicted molar refractivity (Wildman–Crippen MR) is 97.7 cm³/mol. The minimum absolute atomic E-state index is 0.00103. The van der Waals surface area contributed by atoms with Gasteiger partial charge in [-0.2, -0.15) is 5.10 Å². The monoisotopic (exact) mass is 456 g/mol. The van der Waals surface area contributed by atoms with Crippen LogP contribution in [0, 0.1) is 0 Å². The Bertz CT molecular complexity index is 766. The van der Waals surface area contributed by atoms with Crippen molar-refractivity contribution in [2.24, 2.45) is 5.10 Å². The maximum Gasteiger partial charge on any atom is 0.277 e. The van der Waals surface area contributed by atoms with Crippen LogP contribution >= 0.6 is 31.9 Å². The number of benzene rings is 2. The van der Waals surface area contributed by atoms with Crippen molar-refractivity contribution in [3.05, 3.63) is 50.9 Å². The molecule has 2 rings (SSSR count). The summed E-state index contributed by atoms with van der Waals surface area (Å²) < 4.78 is 11.7. The van der Waals surface area contributed by atoms with Crippen LogP contribution in [-0.4, -0.2) is 30.9 Å². The predicted octanol–water partition coefficient (Wildman–Crippen LogP) is 3.45. The molecule has 0 saturated heterocycles.